The molecule has 140 valence electrons. The maximum absolute atomic E-state index is 12.2. The molecular weight excluding hydrogens is 366 g/mol. The van der Waals surface area contributed by atoms with Gasteiger partial charge in [0.2, 0.25) is 5.91 Å². The summed E-state index contributed by atoms with van der Waals surface area (Å²) < 4.78 is 0. The fourth-order valence-corrected chi connectivity index (χ4v) is 4.16. The maximum atomic E-state index is 12.2. The second kappa shape index (κ2) is 7.90. The second-order valence-electron chi connectivity index (χ2n) is 6.77. The molecule has 0 fully saturated rings. The van der Waals surface area contributed by atoms with Gasteiger partial charge in [0.1, 0.15) is 0 Å². The summed E-state index contributed by atoms with van der Waals surface area (Å²) in [4.78, 5) is 16.7. The summed E-state index contributed by atoms with van der Waals surface area (Å²) in [7, 11) is 0. The molecule has 0 atom stereocenters. The van der Waals surface area contributed by atoms with E-state index in [1.165, 1.54) is 22.7 Å². The highest BCUT2D eigenvalue weighted by molar-refractivity contribution is 8.00. The molecule has 0 saturated carbocycles. The third kappa shape index (κ3) is 3.80. The molecule has 0 spiro atoms. The number of aromatic nitrogens is 1. The minimum Gasteiger partial charge on any atom is -0.358 e. The molecule has 0 unspecified atom stereocenters. The van der Waals surface area contributed by atoms with Crippen LogP contribution >= 0.6 is 11.8 Å². The van der Waals surface area contributed by atoms with Crippen LogP contribution in [0.1, 0.15) is 16.8 Å². The first-order valence-electron chi connectivity index (χ1n) is 9.13. The first-order valence-corrected chi connectivity index (χ1v) is 10.1. The molecule has 4 nitrogen and oxygen atoms in total. The van der Waals surface area contributed by atoms with Crippen molar-refractivity contribution in [2.75, 3.05) is 5.75 Å². The Morgan fingerprint density at radius 3 is 2.79 bits per heavy atom. The van der Waals surface area contributed by atoms with Gasteiger partial charge in [0.25, 0.3) is 0 Å². The largest absolute Gasteiger partial charge is 0.358 e. The van der Waals surface area contributed by atoms with Crippen LogP contribution in [0.15, 0.2) is 70.7 Å². The number of thioether (sulfide) groups is 1. The van der Waals surface area contributed by atoms with E-state index in [-0.39, 0.29) is 5.91 Å². The minimum atomic E-state index is -0.122. The van der Waals surface area contributed by atoms with Gasteiger partial charge in [-0.2, -0.15) is 5.10 Å². The van der Waals surface area contributed by atoms with Crippen molar-refractivity contribution in [3.63, 3.8) is 0 Å². The van der Waals surface area contributed by atoms with Gasteiger partial charge in [0, 0.05) is 27.1 Å². The van der Waals surface area contributed by atoms with Crippen molar-refractivity contribution in [2.24, 2.45) is 5.10 Å². The number of nitrogens with one attached hydrogen (secondary N) is 2. The predicted octanol–water partition coefficient (Wildman–Crippen LogP) is 5.18. The Morgan fingerprint density at radius 2 is 1.89 bits per heavy atom. The number of amides is 1. The zero-order valence-electron chi connectivity index (χ0n) is 15.8. The average Bonchev–Trinajstić information content (AvgIpc) is 3.01. The monoisotopic (exact) mass is 387 g/mol. The molecule has 1 aromatic heterocycles. The van der Waals surface area contributed by atoms with Crippen LogP contribution in [-0.4, -0.2) is 22.9 Å². The fraction of sp³-hybridized carbons (Fsp3) is 0.130. The molecule has 0 bridgehead atoms. The van der Waals surface area contributed by atoms with Gasteiger partial charge in [0.15, 0.2) is 0 Å². The normalized spacial score (nSPS) is 11.5. The van der Waals surface area contributed by atoms with Crippen molar-refractivity contribution in [3.8, 4) is 0 Å². The molecule has 0 aliphatic rings. The molecule has 4 aromatic rings. The van der Waals surface area contributed by atoms with E-state index in [1.54, 1.807) is 6.21 Å². The summed E-state index contributed by atoms with van der Waals surface area (Å²) in [6.07, 6.45) is 1.72. The highest BCUT2D eigenvalue weighted by Crippen LogP contribution is 2.27. The summed E-state index contributed by atoms with van der Waals surface area (Å²) in [5.41, 5.74) is 6.94. The number of aromatic amines is 1. The van der Waals surface area contributed by atoms with Gasteiger partial charge >= 0.3 is 0 Å². The lowest BCUT2D eigenvalue weighted by Crippen LogP contribution is -2.19. The lowest BCUT2D eigenvalue weighted by atomic mass is 10.1. The van der Waals surface area contributed by atoms with E-state index in [0.29, 0.717) is 5.75 Å². The average molecular weight is 388 g/mol. The molecule has 0 aliphatic carbocycles. The molecule has 1 amide bonds. The number of hydrogen-bond donors (Lipinski definition) is 2. The molecule has 2 N–H and O–H groups in total. The first-order chi connectivity index (χ1) is 13.6. The standard InChI is InChI=1S/C23H21N3OS/c1-15-10-11-21-19(12-15)20(16(2)25-21)13-24-26-23(27)14-28-22-9-5-7-17-6-3-4-8-18(17)22/h3-13,25H,14H2,1-2H3,(H,26,27)/b24-13-. The number of fused-ring (bicyclic) bond motifs is 2. The molecule has 4 rings (SSSR count). The van der Waals surface area contributed by atoms with Gasteiger partial charge in [-0.3, -0.25) is 4.79 Å². The summed E-state index contributed by atoms with van der Waals surface area (Å²) in [5, 5.41) is 7.62. The number of rotatable bonds is 5. The van der Waals surface area contributed by atoms with Crippen LogP contribution < -0.4 is 5.43 Å². The van der Waals surface area contributed by atoms with E-state index in [1.807, 2.05) is 31.2 Å². The van der Waals surface area contributed by atoms with Crippen LogP contribution in [0, 0.1) is 13.8 Å². The molecule has 0 aliphatic heterocycles. The zero-order valence-corrected chi connectivity index (χ0v) is 16.6. The van der Waals surface area contributed by atoms with E-state index in [0.717, 1.165) is 32.4 Å². The number of hydrazone groups is 1. The second-order valence-corrected chi connectivity index (χ2v) is 7.79. The summed E-state index contributed by atoms with van der Waals surface area (Å²) in [6, 6.07) is 20.6. The van der Waals surface area contributed by atoms with E-state index < -0.39 is 0 Å². The van der Waals surface area contributed by atoms with Gasteiger partial charge in [-0.1, -0.05) is 48.0 Å². The van der Waals surface area contributed by atoms with Crippen molar-refractivity contribution in [1.29, 1.82) is 0 Å². The van der Waals surface area contributed by atoms with Gasteiger partial charge in [0.05, 0.1) is 12.0 Å². The van der Waals surface area contributed by atoms with Crippen LogP contribution in [0.5, 0.6) is 0 Å². The number of H-pyrrole nitrogens is 1. The topological polar surface area (TPSA) is 57.2 Å². The van der Waals surface area contributed by atoms with Crippen LogP contribution in [0.2, 0.25) is 0 Å². The number of nitrogens with zero attached hydrogens (tertiary/aromatic N) is 1. The number of carbonyl (C=O) groups is 1. The Morgan fingerprint density at radius 1 is 1.07 bits per heavy atom. The van der Waals surface area contributed by atoms with Gasteiger partial charge in [-0.25, -0.2) is 5.43 Å². The summed E-state index contributed by atoms with van der Waals surface area (Å²) in [5.74, 6) is 0.194. The van der Waals surface area contributed by atoms with E-state index in [2.05, 4.69) is 58.8 Å². The summed E-state index contributed by atoms with van der Waals surface area (Å²) in [6.45, 7) is 4.07. The SMILES string of the molecule is Cc1ccc2[nH]c(C)c(/C=N\NC(=O)CSc3cccc4ccccc34)c2c1. The van der Waals surface area contributed by atoms with E-state index >= 15 is 0 Å². The van der Waals surface area contributed by atoms with Crippen LogP contribution in [0.4, 0.5) is 0 Å². The third-order valence-electron chi connectivity index (χ3n) is 4.68. The Hall–Kier alpha value is -3.05. The molecular formula is C23H21N3OS. The van der Waals surface area contributed by atoms with Crippen molar-refractivity contribution in [1.82, 2.24) is 10.4 Å². The van der Waals surface area contributed by atoms with Crippen LogP contribution in [0.25, 0.3) is 21.7 Å². The Kier molecular flexibility index (Phi) is 5.17. The smallest absolute Gasteiger partial charge is 0.250 e. The van der Waals surface area contributed by atoms with Crippen molar-refractivity contribution >= 4 is 45.6 Å². The maximum Gasteiger partial charge on any atom is 0.250 e. The highest BCUT2D eigenvalue weighted by atomic mass is 32.2. The van der Waals surface area contributed by atoms with Gasteiger partial charge in [-0.15, -0.1) is 11.8 Å². The molecule has 5 heteroatoms. The Labute approximate surface area is 168 Å². The van der Waals surface area contributed by atoms with Gasteiger partial charge in [-0.05, 0) is 42.8 Å². The number of hydrogen-bond acceptors (Lipinski definition) is 3. The Balaban J connectivity index is 1.42. The molecule has 0 saturated heterocycles. The lowest BCUT2D eigenvalue weighted by Gasteiger charge is -2.05. The van der Waals surface area contributed by atoms with Crippen molar-refractivity contribution in [3.05, 3.63) is 77.5 Å². The first kappa shape index (κ1) is 18.3. The van der Waals surface area contributed by atoms with Gasteiger partial charge < -0.3 is 4.98 Å². The van der Waals surface area contributed by atoms with E-state index in [4.69, 9.17) is 0 Å². The van der Waals surface area contributed by atoms with Crippen LogP contribution in [-0.2, 0) is 4.79 Å². The number of carbonyl (C=O) groups excluding carboxylic acids is 1. The van der Waals surface area contributed by atoms with E-state index in [9.17, 15) is 4.79 Å². The third-order valence-corrected chi connectivity index (χ3v) is 5.76. The quantitative estimate of drug-likeness (QED) is 0.282. The molecule has 0 radical (unpaired) electrons. The van der Waals surface area contributed by atoms with Crippen LogP contribution in [0.3, 0.4) is 0 Å². The molecule has 1 heterocycles. The number of aryl methyl sites for hydroxylation is 2. The zero-order chi connectivity index (χ0) is 19.5. The predicted molar refractivity (Wildman–Crippen MR) is 118 cm³/mol. The number of benzene rings is 3. The lowest BCUT2D eigenvalue weighted by molar-refractivity contribution is -0.118. The molecule has 3 aromatic carbocycles. The molecule has 28 heavy (non-hydrogen) atoms. The van der Waals surface area contributed by atoms with Crippen molar-refractivity contribution in [2.45, 2.75) is 18.7 Å². The highest BCUT2D eigenvalue weighted by Gasteiger charge is 2.08. The minimum absolute atomic E-state index is 0.122. The fourth-order valence-electron chi connectivity index (χ4n) is 3.29. The Bertz CT molecular complexity index is 1190. The summed E-state index contributed by atoms with van der Waals surface area (Å²) >= 11 is 1.52. The van der Waals surface area contributed by atoms with Crippen molar-refractivity contribution < 1.29 is 4.79 Å².